The maximum Gasteiger partial charge on any atom is -0.0100 e. The second kappa shape index (κ2) is 5.24. The summed E-state index contributed by atoms with van der Waals surface area (Å²) in [4.78, 5) is 0. The minimum absolute atomic E-state index is 0.231. The highest BCUT2D eigenvalue weighted by atomic mass is 14.3. The van der Waals surface area contributed by atoms with Crippen molar-refractivity contribution in [1.82, 2.24) is 0 Å². The zero-order valence-corrected chi connectivity index (χ0v) is 13.9. The molecule has 0 spiro atoms. The number of benzene rings is 2. The van der Waals surface area contributed by atoms with Gasteiger partial charge in [-0.2, -0.15) is 0 Å². The summed E-state index contributed by atoms with van der Waals surface area (Å²) in [6, 6.07) is 13.6. The standard InChI is InChI=1S/C20H28/c1-7-19(3,4)17-13-14-18(20(5,6)8-2)16-12-10-9-11-15(16)17/h9-14H,7-8H2,1-6H3. The largest absolute Gasteiger partial charge is 0.0646 e. The van der Waals surface area contributed by atoms with Gasteiger partial charge in [-0.3, -0.25) is 0 Å². The summed E-state index contributed by atoms with van der Waals surface area (Å²) in [6.07, 6.45) is 2.32. The monoisotopic (exact) mass is 268 g/mol. The van der Waals surface area contributed by atoms with E-state index in [4.69, 9.17) is 0 Å². The topological polar surface area (TPSA) is 0 Å². The Morgan fingerprint density at radius 3 is 1.30 bits per heavy atom. The predicted octanol–water partition coefficient (Wildman–Crippen LogP) is 6.22. The zero-order valence-electron chi connectivity index (χ0n) is 13.9. The van der Waals surface area contributed by atoms with Crippen molar-refractivity contribution in [3.63, 3.8) is 0 Å². The molecule has 0 bridgehead atoms. The molecule has 0 aromatic heterocycles. The quantitative estimate of drug-likeness (QED) is 0.618. The molecular formula is C20H28. The van der Waals surface area contributed by atoms with E-state index in [1.54, 1.807) is 0 Å². The smallest absolute Gasteiger partial charge is 0.0100 e. The van der Waals surface area contributed by atoms with Gasteiger partial charge in [-0.05, 0) is 45.6 Å². The lowest BCUT2D eigenvalue weighted by atomic mass is 9.74. The molecule has 0 N–H and O–H groups in total. The predicted molar refractivity (Wildman–Crippen MR) is 90.6 cm³/mol. The van der Waals surface area contributed by atoms with Gasteiger partial charge in [0, 0.05) is 0 Å². The normalized spacial score (nSPS) is 12.9. The van der Waals surface area contributed by atoms with E-state index in [-0.39, 0.29) is 10.8 Å². The van der Waals surface area contributed by atoms with E-state index in [2.05, 4.69) is 77.9 Å². The number of hydrogen-bond donors (Lipinski definition) is 0. The van der Waals surface area contributed by atoms with Crippen LogP contribution in [0.2, 0.25) is 0 Å². The van der Waals surface area contributed by atoms with Gasteiger partial charge in [0.1, 0.15) is 0 Å². The average Bonchev–Trinajstić information content (AvgIpc) is 2.45. The summed E-state index contributed by atoms with van der Waals surface area (Å²) in [5.74, 6) is 0. The van der Waals surface area contributed by atoms with Crippen molar-refractivity contribution in [2.24, 2.45) is 0 Å². The minimum atomic E-state index is 0.231. The fourth-order valence-electron chi connectivity index (χ4n) is 2.86. The van der Waals surface area contributed by atoms with E-state index in [1.165, 1.54) is 21.9 Å². The molecule has 0 aliphatic carbocycles. The van der Waals surface area contributed by atoms with E-state index in [0.29, 0.717) is 0 Å². The van der Waals surface area contributed by atoms with Crippen LogP contribution in [-0.2, 0) is 10.8 Å². The van der Waals surface area contributed by atoms with Gasteiger partial charge in [-0.1, -0.05) is 77.9 Å². The van der Waals surface area contributed by atoms with Crippen LogP contribution in [0.15, 0.2) is 36.4 Å². The van der Waals surface area contributed by atoms with E-state index in [0.717, 1.165) is 12.8 Å². The lowest BCUT2D eigenvalue weighted by Crippen LogP contribution is -2.19. The molecule has 0 aliphatic rings. The molecule has 0 nitrogen and oxygen atoms in total. The Bertz CT molecular complexity index is 548. The second-order valence-corrected chi connectivity index (χ2v) is 7.18. The highest BCUT2D eigenvalue weighted by Gasteiger charge is 2.25. The van der Waals surface area contributed by atoms with E-state index in [9.17, 15) is 0 Å². The lowest BCUT2D eigenvalue weighted by molar-refractivity contribution is 0.502. The van der Waals surface area contributed by atoms with Crippen LogP contribution in [0.1, 0.15) is 65.5 Å². The van der Waals surface area contributed by atoms with Crippen molar-refractivity contribution < 1.29 is 0 Å². The Hall–Kier alpha value is -1.30. The first-order valence-electron chi connectivity index (χ1n) is 7.86. The van der Waals surface area contributed by atoms with Gasteiger partial charge >= 0.3 is 0 Å². The SMILES string of the molecule is CCC(C)(C)c1ccc(C(C)(C)CC)c2ccccc12. The molecule has 0 heterocycles. The summed E-state index contributed by atoms with van der Waals surface area (Å²) in [6.45, 7) is 13.9. The van der Waals surface area contributed by atoms with Gasteiger partial charge in [-0.25, -0.2) is 0 Å². The molecule has 0 aliphatic heterocycles. The molecule has 0 saturated heterocycles. The molecule has 0 atom stereocenters. The van der Waals surface area contributed by atoms with Crippen LogP contribution in [0.3, 0.4) is 0 Å². The fourth-order valence-corrected chi connectivity index (χ4v) is 2.86. The van der Waals surface area contributed by atoms with Gasteiger partial charge in [0.25, 0.3) is 0 Å². The summed E-state index contributed by atoms with van der Waals surface area (Å²) in [5.41, 5.74) is 3.42. The van der Waals surface area contributed by atoms with Crippen LogP contribution in [0, 0.1) is 0 Å². The third kappa shape index (κ3) is 2.49. The zero-order chi connectivity index (χ0) is 15.0. The van der Waals surface area contributed by atoms with Crippen LogP contribution in [0.4, 0.5) is 0 Å². The summed E-state index contributed by atoms with van der Waals surface area (Å²) in [5, 5.41) is 2.86. The maximum atomic E-state index is 2.36. The molecular weight excluding hydrogens is 240 g/mol. The van der Waals surface area contributed by atoms with Crippen molar-refractivity contribution in [2.75, 3.05) is 0 Å². The third-order valence-electron chi connectivity index (χ3n) is 5.15. The van der Waals surface area contributed by atoms with Crippen LogP contribution < -0.4 is 0 Å². The third-order valence-corrected chi connectivity index (χ3v) is 5.15. The second-order valence-electron chi connectivity index (χ2n) is 7.18. The van der Waals surface area contributed by atoms with Crippen molar-refractivity contribution in [1.29, 1.82) is 0 Å². The van der Waals surface area contributed by atoms with Crippen LogP contribution in [0.25, 0.3) is 10.8 Å². The van der Waals surface area contributed by atoms with E-state index < -0.39 is 0 Å². The van der Waals surface area contributed by atoms with E-state index >= 15 is 0 Å². The number of rotatable bonds is 4. The van der Waals surface area contributed by atoms with Crippen molar-refractivity contribution in [2.45, 2.75) is 65.2 Å². The first kappa shape index (κ1) is 15.1. The molecule has 0 radical (unpaired) electrons. The van der Waals surface area contributed by atoms with Gasteiger partial charge in [0.2, 0.25) is 0 Å². The van der Waals surface area contributed by atoms with Crippen LogP contribution in [0.5, 0.6) is 0 Å². The fraction of sp³-hybridized carbons (Fsp3) is 0.500. The highest BCUT2D eigenvalue weighted by Crippen LogP contribution is 2.38. The van der Waals surface area contributed by atoms with Gasteiger partial charge < -0.3 is 0 Å². The molecule has 108 valence electrons. The van der Waals surface area contributed by atoms with Gasteiger partial charge in [0.05, 0.1) is 0 Å². The van der Waals surface area contributed by atoms with Crippen LogP contribution in [-0.4, -0.2) is 0 Å². The maximum absolute atomic E-state index is 2.36. The Labute approximate surface area is 124 Å². The first-order chi connectivity index (χ1) is 9.33. The lowest BCUT2D eigenvalue weighted by Gasteiger charge is -2.30. The Morgan fingerprint density at radius 1 is 0.650 bits per heavy atom. The molecule has 2 rings (SSSR count). The molecule has 0 fully saturated rings. The molecule has 2 aromatic rings. The Balaban J connectivity index is 2.78. The first-order valence-corrected chi connectivity index (χ1v) is 7.86. The van der Waals surface area contributed by atoms with Crippen molar-refractivity contribution >= 4 is 10.8 Å². The van der Waals surface area contributed by atoms with E-state index in [1.807, 2.05) is 0 Å². The Morgan fingerprint density at radius 2 is 1.00 bits per heavy atom. The van der Waals surface area contributed by atoms with Crippen LogP contribution >= 0.6 is 0 Å². The summed E-state index contributed by atoms with van der Waals surface area (Å²) >= 11 is 0. The van der Waals surface area contributed by atoms with Crippen molar-refractivity contribution in [3.05, 3.63) is 47.5 Å². The number of hydrogen-bond acceptors (Lipinski definition) is 0. The van der Waals surface area contributed by atoms with Crippen molar-refractivity contribution in [3.8, 4) is 0 Å². The molecule has 0 amide bonds. The molecule has 2 aromatic carbocycles. The molecule has 0 saturated carbocycles. The highest BCUT2D eigenvalue weighted by molar-refractivity contribution is 5.90. The number of fused-ring (bicyclic) bond motifs is 1. The molecule has 0 unspecified atom stereocenters. The molecule has 0 heteroatoms. The summed E-state index contributed by atoms with van der Waals surface area (Å²) in [7, 11) is 0. The summed E-state index contributed by atoms with van der Waals surface area (Å²) < 4.78 is 0. The Kier molecular flexibility index (Phi) is 3.95. The van der Waals surface area contributed by atoms with Gasteiger partial charge in [-0.15, -0.1) is 0 Å². The minimum Gasteiger partial charge on any atom is -0.0646 e. The molecule has 20 heavy (non-hydrogen) atoms. The average molecular weight is 268 g/mol. The van der Waals surface area contributed by atoms with Gasteiger partial charge in [0.15, 0.2) is 0 Å².